The van der Waals surface area contributed by atoms with E-state index in [9.17, 15) is 4.79 Å². The molecule has 2 aliphatic heterocycles. The van der Waals surface area contributed by atoms with Crippen molar-refractivity contribution in [3.05, 3.63) is 53.9 Å². The van der Waals surface area contributed by atoms with Gasteiger partial charge >= 0.3 is 0 Å². The summed E-state index contributed by atoms with van der Waals surface area (Å²) in [6.45, 7) is 3.36. The second-order valence-electron chi connectivity index (χ2n) is 6.85. The van der Waals surface area contributed by atoms with E-state index in [-0.39, 0.29) is 36.2 Å². The predicted octanol–water partition coefficient (Wildman–Crippen LogP) is 1.74. The lowest BCUT2D eigenvalue weighted by atomic mass is 9.89. The lowest BCUT2D eigenvalue weighted by Gasteiger charge is -2.38. The van der Waals surface area contributed by atoms with Crippen LogP contribution in [-0.4, -0.2) is 53.4 Å². The van der Waals surface area contributed by atoms with Gasteiger partial charge in [0, 0.05) is 38.8 Å². The molecule has 4 rings (SSSR count). The topological polar surface area (TPSA) is 59.4 Å². The van der Waals surface area contributed by atoms with E-state index >= 15 is 0 Å². The first-order valence-corrected chi connectivity index (χ1v) is 8.86. The zero-order valence-corrected chi connectivity index (χ0v) is 15.7. The second kappa shape index (κ2) is 8.20. The average Bonchev–Trinajstić information content (AvgIpc) is 3.30. The van der Waals surface area contributed by atoms with E-state index in [1.807, 2.05) is 42.5 Å². The number of nitrogens with one attached hydrogen (secondary N) is 1. The highest BCUT2D eigenvalue weighted by Crippen LogP contribution is 2.33. The van der Waals surface area contributed by atoms with Crippen molar-refractivity contribution < 1.29 is 9.53 Å². The molecule has 1 aromatic carbocycles. The third-order valence-electron chi connectivity index (χ3n) is 5.28. The van der Waals surface area contributed by atoms with Crippen LogP contribution in [0.15, 0.2) is 42.7 Å². The minimum atomic E-state index is -0.0477. The standard InChI is InChI=1S/C19H24N4O2.ClH/c1-22-12-15(9-21-22)16-10-20-11-17(16)19(24)23-7-8-25-13-18(23)14-5-3-2-4-6-14;/h2-6,9,12,16-18,20H,7-8,10-11,13H2,1H3;1H/t16-,17+,18?;/m1./s1. The summed E-state index contributed by atoms with van der Waals surface area (Å²) in [4.78, 5) is 15.4. The van der Waals surface area contributed by atoms with Gasteiger partial charge in [0.25, 0.3) is 0 Å². The van der Waals surface area contributed by atoms with Crippen LogP contribution in [0.25, 0.3) is 0 Å². The summed E-state index contributed by atoms with van der Waals surface area (Å²) in [6, 6.07) is 10.2. The number of halogens is 1. The van der Waals surface area contributed by atoms with Gasteiger partial charge in [-0.15, -0.1) is 12.4 Å². The fourth-order valence-electron chi connectivity index (χ4n) is 3.95. The molecule has 3 heterocycles. The number of benzene rings is 1. The number of hydrogen-bond donors (Lipinski definition) is 1. The number of aryl methyl sites for hydroxylation is 1. The lowest BCUT2D eigenvalue weighted by Crippen LogP contribution is -2.47. The Bertz CT molecular complexity index is 736. The Balaban J connectivity index is 0.00000196. The van der Waals surface area contributed by atoms with E-state index < -0.39 is 0 Å². The Labute approximate surface area is 159 Å². The number of carbonyl (C=O) groups is 1. The van der Waals surface area contributed by atoms with Crippen LogP contribution in [0.5, 0.6) is 0 Å². The summed E-state index contributed by atoms with van der Waals surface area (Å²) < 4.78 is 7.47. The molecule has 0 saturated carbocycles. The molecule has 3 atom stereocenters. The smallest absolute Gasteiger partial charge is 0.228 e. The molecule has 2 aliphatic rings. The maximum atomic E-state index is 13.4. The van der Waals surface area contributed by atoms with Gasteiger partial charge in [-0.2, -0.15) is 5.10 Å². The third-order valence-corrected chi connectivity index (χ3v) is 5.28. The van der Waals surface area contributed by atoms with Crippen molar-refractivity contribution in [3.63, 3.8) is 0 Å². The molecule has 1 aromatic heterocycles. The van der Waals surface area contributed by atoms with Crippen molar-refractivity contribution in [2.75, 3.05) is 32.8 Å². The normalized spacial score (nSPS) is 25.7. The van der Waals surface area contributed by atoms with Crippen molar-refractivity contribution in [2.24, 2.45) is 13.0 Å². The monoisotopic (exact) mass is 376 g/mol. The van der Waals surface area contributed by atoms with E-state index in [2.05, 4.69) is 22.5 Å². The summed E-state index contributed by atoms with van der Waals surface area (Å²) in [7, 11) is 1.91. The van der Waals surface area contributed by atoms with Crippen molar-refractivity contribution in [1.82, 2.24) is 20.0 Å². The summed E-state index contributed by atoms with van der Waals surface area (Å²) in [5.41, 5.74) is 2.27. The first-order valence-electron chi connectivity index (χ1n) is 8.86. The largest absolute Gasteiger partial charge is 0.377 e. The van der Waals surface area contributed by atoms with E-state index in [0.717, 1.165) is 24.2 Å². The van der Waals surface area contributed by atoms with Gasteiger partial charge in [-0.25, -0.2) is 0 Å². The molecule has 0 aliphatic carbocycles. The summed E-state index contributed by atoms with van der Waals surface area (Å²) >= 11 is 0. The van der Waals surface area contributed by atoms with E-state index in [0.29, 0.717) is 19.8 Å². The zero-order valence-electron chi connectivity index (χ0n) is 14.9. The van der Waals surface area contributed by atoms with Crippen molar-refractivity contribution in [2.45, 2.75) is 12.0 Å². The Morgan fingerprint density at radius 3 is 2.77 bits per heavy atom. The van der Waals surface area contributed by atoms with Gasteiger partial charge in [0.15, 0.2) is 0 Å². The second-order valence-corrected chi connectivity index (χ2v) is 6.85. The van der Waals surface area contributed by atoms with E-state index in [4.69, 9.17) is 4.74 Å². The summed E-state index contributed by atoms with van der Waals surface area (Å²) in [5, 5.41) is 7.66. The maximum absolute atomic E-state index is 13.4. The van der Waals surface area contributed by atoms with Crippen LogP contribution in [0.1, 0.15) is 23.1 Å². The third kappa shape index (κ3) is 3.63. The molecule has 0 bridgehead atoms. The van der Waals surface area contributed by atoms with Gasteiger partial charge in [-0.1, -0.05) is 30.3 Å². The van der Waals surface area contributed by atoms with Crippen LogP contribution in [0.3, 0.4) is 0 Å². The number of carbonyl (C=O) groups excluding carboxylic acids is 1. The number of morpholine rings is 1. The van der Waals surface area contributed by atoms with Gasteiger partial charge < -0.3 is 15.0 Å². The highest BCUT2D eigenvalue weighted by Gasteiger charge is 2.40. The molecule has 1 unspecified atom stereocenters. The Morgan fingerprint density at radius 1 is 1.23 bits per heavy atom. The molecule has 6 nitrogen and oxygen atoms in total. The number of amides is 1. The highest BCUT2D eigenvalue weighted by atomic mass is 35.5. The average molecular weight is 377 g/mol. The van der Waals surface area contributed by atoms with Gasteiger partial charge in [-0.3, -0.25) is 9.48 Å². The fourth-order valence-corrected chi connectivity index (χ4v) is 3.95. The molecule has 7 heteroatoms. The molecule has 2 aromatic rings. The number of rotatable bonds is 3. The minimum Gasteiger partial charge on any atom is -0.377 e. The predicted molar refractivity (Wildman–Crippen MR) is 101 cm³/mol. The summed E-state index contributed by atoms with van der Waals surface area (Å²) in [6.07, 6.45) is 3.90. The van der Waals surface area contributed by atoms with Crippen molar-refractivity contribution >= 4 is 18.3 Å². The molecular formula is C19H25ClN4O2. The number of aromatic nitrogens is 2. The maximum Gasteiger partial charge on any atom is 0.228 e. The molecule has 1 N–H and O–H groups in total. The Morgan fingerprint density at radius 2 is 2.04 bits per heavy atom. The molecule has 2 saturated heterocycles. The molecule has 0 spiro atoms. The van der Waals surface area contributed by atoms with Gasteiger partial charge in [0.05, 0.1) is 31.4 Å². The number of ether oxygens (including phenoxy) is 1. The number of hydrogen-bond acceptors (Lipinski definition) is 4. The minimum absolute atomic E-state index is 0. The van der Waals surface area contributed by atoms with Gasteiger partial charge in [-0.05, 0) is 11.1 Å². The van der Waals surface area contributed by atoms with Crippen molar-refractivity contribution in [1.29, 1.82) is 0 Å². The molecule has 2 fully saturated rings. The van der Waals surface area contributed by atoms with Crippen molar-refractivity contribution in [3.8, 4) is 0 Å². The fraction of sp³-hybridized carbons (Fsp3) is 0.474. The molecule has 140 valence electrons. The Hall–Kier alpha value is -1.89. The highest BCUT2D eigenvalue weighted by molar-refractivity contribution is 5.85. The number of nitrogens with zero attached hydrogens (tertiary/aromatic N) is 3. The first kappa shape index (κ1) is 18.9. The zero-order chi connectivity index (χ0) is 17.2. The SMILES string of the molecule is Cl.Cn1cc([C@H]2CNC[C@@H]2C(=O)N2CCOCC2c2ccccc2)cn1. The van der Waals surface area contributed by atoms with E-state index in [1.54, 1.807) is 4.68 Å². The van der Waals surface area contributed by atoms with Gasteiger partial charge in [0.1, 0.15) is 0 Å². The van der Waals surface area contributed by atoms with E-state index in [1.165, 1.54) is 0 Å². The lowest BCUT2D eigenvalue weighted by molar-refractivity contribution is -0.144. The molecule has 26 heavy (non-hydrogen) atoms. The van der Waals surface area contributed by atoms with Crippen LogP contribution in [0.4, 0.5) is 0 Å². The summed E-state index contributed by atoms with van der Waals surface area (Å²) in [5.74, 6) is 0.352. The van der Waals surface area contributed by atoms with Crippen LogP contribution in [0, 0.1) is 5.92 Å². The quantitative estimate of drug-likeness (QED) is 0.886. The van der Waals surface area contributed by atoms with Gasteiger partial charge in [0.2, 0.25) is 5.91 Å². The molecular weight excluding hydrogens is 352 g/mol. The van der Waals surface area contributed by atoms with Crippen LogP contribution in [0.2, 0.25) is 0 Å². The van der Waals surface area contributed by atoms with Crippen LogP contribution < -0.4 is 5.32 Å². The van der Waals surface area contributed by atoms with Crippen LogP contribution in [-0.2, 0) is 16.6 Å². The molecule has 1 amide bonds. The van der Waals surface area contributed by atoms with Crippen LogP contribution >= 0.6 is 12.4 Å². The first-order chi connectivity index (χ1) is 12.2. The molecule has 0 radical (unpaired) electrons. The Kier molecular flexibility index (Phi) is 5.96.